The van der Waals surface area contributed by atoms with Crippen molar-refractivity contribution in [3.63, 3.8) is 0 Å². The molecule has 0 saturated heterocycles. The van der Waals surface area contributed by atoms with E-state index in [1.807, 2.05) is 38.1 Å². The van der Waals surface area contributed by atoms with Gasteiger partial charge in [-0.2, -0.15) is 5.10 Å². The van der Waals surface area contributed by atoms with Gasteiger partial charge in [-0.05, 0) is 55.6 Å². The maximum Gasteiger partial charge on any atom is 0.335 e. The van der Waals surface area contributed by atoms with Crippen LogP contribution in [0, 0.1) is 13.8 Å². The predicted octanol–water partition coefficient (Wildman–Crippen LogP) is 4.65. The minimum Gasteiger partial charge on any atom is -0.478 e. The minimum atomic E-state index is -0.975. The molecule has 0 spiro atoms. The molecule has 8 heteroatoms. The topological polar surface area (TPSA) is 117 Å². The number of nitrogens with two attached hydrogens (primary N) is 1. The largest absolute Gasteiger partial charge is 0.478 e. The number of aryl methyl sites for hydroxylation is 2. The number of pyridine rings is 1. The van der Waals surface area contributed by atoms with Crippen molar-refractivity contribution in [2.24, 2.45) is 5.14 Å². The fraction of sp³-hybridized carbons (Fsp3) is 0.0952. The van der Waals surface area contributed by atoms with Crippen LogP contribution in [-0.4, -0.2) is 26.3 Å². The molecule has 5 N–H and O–H groups in total. The lowest BCUT2D eigenvalue weighted by atomic mass is 10.0. The molecular formula is C21H19N5O2S. The Balaban J connectivity index is 1.82. The number of carboxylic acids is 1. The molecule has 4 aromatic rings. The van der Waals surface area contributed by atoms with E-state index in [0.717, 1.165) is 55.9 Å². The van der Waals surface area contributed by atoms with E-state index in [0.29, 0.717) is 5.69 Å². The van der Waals surface area contributed by atoms with Crippen molar-refractivity contribution in [1.82, 2.24) is 15.2 Å². The number of rotatable bonds is 5. The average molecular weight is 405 g/mol. The Morgan fingerprint density at radius 3 is 2.72 bits per heavy atom. The quantitative estimate of drug-likeness (QED) is 0.357. The normalized spacial score (nSPS) is 11.0. The molecule has 0 aliphatic carbocycles. The van der Waals surface area contributed by atoms with E-state index in [2.05, 4.69) is 20.5 Å². The van der Waals surface area contributed by atoms with Gasteiger partial charge in [0.1, 0.15) is 0 Å². The van der Waals surface area contributed by atoms with Gasteiger partial charge >= 0.3 is 5.97 Å². The average Bonchev–Trinajstić information content (AvgIpc) is 3.06. The molecule has 2 aromatic carbocycles. The lowest BCUT2D eigenvalue weighted by Crippen LogP contribution is -2.00. The maximum absolute atomic E-state index is 11.3. The van der Waals surface area contributed by atoms with E-state index >= 15 is 0 Å². The molecule has 146 valence electrons. The van der Waals surface area contributed by atoms with Crippen LogP contribution >= 0.6 is 11.9 Å². The number of aromatic amines is 1. The molecule has 0 fully saturated rings. The maximum atomic E-state index is 11.3. The summed E-state index contributed by atoms with van der Waals surface area (Å²) in [7, 11) is 0. The van der Waals surface area contributed by atoms with Crippen LogP contribution in [0.2, 0.25) is 0 Å². The highest BCUT2D eigenvalue weighted by Crippen LogP contribution is 2.36. The van der Waals surface area contributed by atoms with Crippen LogP contribution in [0.15, 0.2) is 53.6 Å². The zero-order valence-corrected chi connectivity index (χ0v) is 16.7. The van der Waals surface area contributed by atoms with Gasteiger partial charge in [-0.1, -0.05) is 18.2 Å². The third kappa shape index (κ3) is 3.55. The molecule has 0 unspecified atom stereocenters. The number of anilines is 2. The number of nitrogens with one attached hydrogen (secondary N) is 2. The van der Waals surface area contributed by atoms with Crippen molar-refractivity contribution in [2.75, 3.05) is 5.32 Å². The van der Waals surface area contributed by atoms with E-state index in [-0.39, 0.29) is 5.56 Å². The number of fused-ring (bicyclic) bond motifs is 1. The molecule has 0 aliphatic rings. The van der Waals surface area contributed by atoms with Gasteiger partial charge in [0.2, 0.25) is 0 Å². The summed E-state index contributed by atoms with van der Waals surface area (Å²) in [5, 5.41) is 26.6. The van der Waals surface area contributed by atoms with E-state index < -0.39 is 5.97 Å². The summed E-state index contributed by atoms with van der Waals surface area (Å²) in [6.07, 6.45) is 1.72. The molecular weight excluding hydrogens is 386 g/mol. The van der Waals surface area contributed by atoms with Gasteiger partial charge in [0, 0.05) is 28.5 Å². The number of benzene rings is 2. The Labute approximate surface area is 171 Å². The van der Waals surface area contributed by atoms with Crippen LogP contribution < -0.4 is 10.5 Å². The standard InChI is InChI=1S/C21H19N5O2S/c1-11-19(12(2)26-25-11)13-6-7-16-17(9-13)23-10-18(29-22)20(16)24-15-5-3-4-14(8-15)21(27)28/h3-10H,22H2,1-2H3,(H,23,24)(H,25,26)(H,27,28). The second-order valence-corrected chi connectivity index (χ2v) is 7.34. The Morgan fingerprint density at radius 1 is 1.21 bits per heavy atom. The number of H-pyrrole nitrogens is 1. The smallest absolute Gasteiger partial charge is 0.335 e. The Kier molecular flexibility index (Phi) is 4.96. The van der Waals surface area contributed by atoms with E-state index in [4.69, 9.17) is 5.14 Å². The Hall–Kier alpha value is -3.36. The van der Waals surface area contributed by atoms with E-state index in [1.54, 1.807) is 24.4 Å². The first-order valence-corrected chi connectivity index (χ1v) is 9.77. The highest BCUT2D eigenvalue weighted by Gasteiger charge is 2.14. The fourth-order valence-corrected chi connectivity index (χ4v) is 3.79. The first kappa shape index (κ1) is 19.0. The van der Waals surface area contributed by atoms with Crippen molar-refractivity contribution in [3.8, 4) is 11.1 Å². The highest BCUT2D eigenvalue weighted by atomic mass is 32.2. The van der Waals surface area contributed by atoms with Crippen molar-refractivity contribution in [1.29, 1.82) is 0 Å². The Bertz CT molecular complexity index is 1220. The molecule has 0 bridgehead atoms. The zero-order chi connectivity index (χ0) is 20.5. The van der Waals surface area contributed by atoms with Gasteiger partial charge in [-0.15, -0.1) is 0 Å². The lowest BCUT2D eigenvalue weighted by molar-refractivity contribution is 0.0697. The minimum absolute atomic E-state index is 0.212. The number of aromatic carboxylic acids is 1. The van der Waals surface area contributed by atoms with Crippen molar-refractivity contribution in [2.45, 2.75) is 18.7 Å². The van der Waals surface area contributed by atoms with Crippen LogP contribution in [0.5, 0.6) is 0 Å². The van der Waals surface area contributed by atoms with Gasteiger partial charge in [-0.3, -0.25) is 15.2 Å². The number of hydrogen-bond donors (Lipinski definition) is 4. The molecule has 0 radical (unpaired) electrons. The van der Waals surface area contributed by atoms with Crippen LogP contribution in [0.1, 0.15) is 21.7 Å². The summed E-state index contributed by atoms with van der Waals surface area (Å²) in [6, 6.07) is 12.7. The van der Waals surface area contributed by atoms with Crippen molar-refractivity contribution >= 4 is 40.2 Å². The van der Waals surface area contributed by atoms with Gasteiger partial charge in [0.05, 0.1) is 27.4 Å². The van der Waals surface area contributed by atoms with Crippen molar-refractivity contribution in [3.05, 3.63) is 65.6 Å². The molecule has 2 heterocycles. The predicted molar refractivity (Wildman–Crippen MR) is 116 cm³/mol. The molecule has 0 amide bonds. The molecule has 2 aromatic heterocycles. The molecule has 29 heavy (non-hydrogen) atoms. The monoisotopic (exact) mass is 405 g/mol. The van der Waals surface area contributed by atoms with Crippen LogP contribution in [0.25, 0.3) is 22.0 Å². The van der Waals surface area contributed by atoms with E-state index in [9.17, 15) is 9.90 Å². The Morgan fingerprint density at radius 2 is 2.03 bits per heavy atom. The molecule has 4 rings (SSSR count). The summed E-state index contributed by atoms with van der Waals surface area (Å²) in [4.78, 5) is 16.6. The number of nitrogens with zero attached hydrogens (tertiary/aromatic N) is 2. The summed E-state index contributed by atoms with van der Waals surface area (Å²) in [6.45, 7) is 3.95. The number of hydrogen-bond acceptors (Lipinski definition) is 6. The van der Waals surface area contributed by atoms with Crippen LogP contribution in [0.4, 0.5) is 11.4 Å². The number of aromatic nitrogens is 3. The fourth-order valence-electron chi connectivity index (χ4n) is 3.40. The van der Waals surface area contributed by atoms with E-state index in [1.165, 1.54) is 0 Å². The molecule has 0 saturated carbocycles. The SMILES string of the molecule is Cc1n[nH]c(C)c1-c1ccc2c(Nc3cccc(C(=O)O)c3)c(SN)cnc2c1. The summed E-state index contributed by atoms with van der Waals surface area (Å²) in [5.74, 6) is -0.975. The highest BCUT2D eigenvalue weighted by molar-refractivity contribution is 7.97. The van der Waals surface area contributed by atoms with Crippen LogP contribution in [-0.2, 0) is 0 Å². The van der Waals surface area contributed by atoms with Gasteiger partial charge in [0.25, 0.3) is 0 Å². The van der Waals surface area contributed by atoms with Gasteiger partial charge in [0.15, 0.2) is 0 Å². The summed E-state index contributed by atoms with van der Waals surface area (Å²) >= 11 is 1.09. The van der Waals surface area contributed by atoms with Crippen LogP contribution in [0.3, 0.4) is 0 Å². The lowest BCUT2D eigenvalue weighted by Gasteiger charge is -2.14. The van der Waals surface area contributed by atoms with Gasteiger partial charge in [-0.25, -0.2) is 4.79 Å². The number of carboxylic acid groups (broad SMARTS) is 1. The molecule has 7 nitrogen and oxygen atoms in total. The second-order valence-electron chi connectivity index (χ2n) is 6.67. The summed E-state index contributed by atoms with van der Waals surface area (Å²) < 4.78 is 0. The first-order chi connectivity index (χ1) is 14.0. The first-order valence-electron chi connectivity index (χ1n) is 8.89. The third-order valence-electron chi connectivity index (χ3n) is 4.76. The second kappa shape index (κ2) is 7.57. The molecule has 0 aliphatic heterocycles. The zero-order valence-electron chi connectivity index (χ0n) is 15.9. The van der Waals surface area contributed by atoms with Crippen molar-refractivity contribution < 1.29 is 9.90 Å². The molecule has 0 atom stereocenters. The summed E-state index contributed by atoms with van der Waals surface area (Å²) in [5.41, 5.74) is 6.49. The number of carbonyl (C=O) groups is 1. The third-order valence-corrected chi connectivity index (χ3v) is 5.32. The van der Waals surface area contributed by atoms with Gasteiger partial charge < -0.3 is 10.4 Å².